The zero-order valence-electron chi connectivity index (χ0n) is 14.8. The maximum atomic E-state index is 12.7. The van der Waals surface area contributed by atoms with E-state index in [1.54, 1.807) is 27.7 Å². The molecule has 1 aromatic carbocycles. The molecule has 0 heterocycles. The minimum absolute atomic E-state index is 0.127. The summed E-state index contributed by atoms with van der Waals surface area (Å²) in [6, 6.07) is 8.64. The summed E-state index contributed by atoms with van der Waals surface area (Å²) in [6.07, 6.45) is 0.0294. The van der Waals surface area contributed by atoms with Crippen LogP contribution in [-0.4, -0.2) is 42.0 Å². The lowest BCUT2D eigenvalue weighted by Crippen LogP contribution is -2.40. The van der Waals surface area contributed by atoms with Gasteiger partial charge in [0.25, 0.3) is 0 Å². The van der Waals surface area contributed by atoms with Crippen LogP contribution in [0.2, 0.25) is 0 Å². The summed E-state index contributed by atoms with van der Waals surface area (Å²) in [5, 5.41) is 12.3. The lowest BCUT2D eigenvalue weighted by atomic mass is 10.1. The quantitative estimate of drug-likeness (QED) is 0.591. The number of rotatable bonds is 11. The van der Waals surface area contributed by atoms with Crippen molar-refractivity contribution in [3.63, 3.8) is 0 Å². The van der Waals surface area contributed by atoms with Crippen LogP contribution >= 0.6 is 7.60 Å². The molecular weight excluding hydrogens is 329 g/mol. The van der Waals surface area contributed by atoms with Gasteiger partial charge in [-0.25, -0.2) is 0 Å². The van der Waals surface area contributed by atoms with Crippen molar-refractivity contribution in [3.05, 3.63) is 35.9 Å². The van der Waals surface area contributed by atoms with Crippen LogP contribution < -0.4 is 5.32 Å². The molecule has 0 aliphatic heterocycles. The predicted molar refractivity (Wildman–Crippen MR) is 94.5 cm³/mol. The van der Waals surface area contributed by atoms with E-state index in [4.69, 9.17) is 9.05 Å². The first-order valence-corrected chi connectivity index (χ1v) is 9.90. The lowest BCUT2D eigenvalue weighted by Gasteiger charge is -2.23. The smallest absolute Gasteiger partial charge is 0.332 e. The van der Waals surface area contributed by atoms with Crippen LogP contribution in [0.5, 0.6) is 0 Å². The molecule has 0 fully saturated rings. The highest BCUT2D eigenvalue weighted by Crippen LogP contribution is 2.49. The van der Waals surface area contributed by atoms with Gasteiger partial charge in [0, 0.05) is 6.54 Å². The van der Waals surface area contributed by atoms with Gasteiger partial charge in [0.1, 0.15) is 6.04 Å². The van der Waals surface area contributed by atoms with Gasteiger partial charge in [-0.15, -0.1) is 0 Å². The number of carboxylic acids is 1. The van der Waals surface area contributed by atoms with Crippen molar-refractivity contribution >= 4 is 13.6 Å². The number of carbonyl (C=O) groups is 1. The Balaban J connectivity index is 2.62. The third-order valence-corrected chi connectivity index (χ3v) is 5.36. The summed E-state index contributed by atoms with van der Waals surface area (Å²) in [7, 11) is -3.26. The van der Waals surface area contributed by atoms with Gasteiger partial charge in [-0.05, 0) is 39.7 Å². The number of hydrogen-bond acceptors (Lipinski definition) is 5. The summed E-state index contributed by atoms with van der Waals surface area (Å²) in [5.41, 5.74) is 0.928. The zero-order valence-corrected chi connectivity index (χ0v) is 15.7. The van der Waals surface area contributed by atoms with Gasteiger partial charge in [-0.1, -0.05) is 30.3 Å². The molecule has 24 heavy (non-hydrogen) atoms. The van der Waals surface area contributed by atoms with Gasteiger partial charge in [0.15, 0.2) is 0 Å². The van der Waals surface area contributed by atoms with Gasteiger partial charge >= 0.3 is 13.6 Å². The van der Waals surface area contributed by atoms with Crippen molar-refractivity contribution in [2.75, 3.05) is 12.7 Å². The summed E-state index contributed by atoms with van der Waals surface area (Å²) >= 11 is 0. The van der Waals surface area contributed by atoms with Crippen molar-refractivity contribution in [1.82, 2.24) is 5.32 Å². The fourth-order valence-electron chi connectivity index (χ4n) is 2.24. The largest absolute Gasteiger partial charge is 0.480 e. The van der Waals surface area contributed by atoms with Crippen LogP contribution in [0.4, 0.5) is 0 Å². The Kier molecular flexibility index (Phi) is 8.63. The highest BCUT2D eigenvalue weighted by molar-refractivity contribution is 7.53. The second-order valence-corrected chi connectivity index (χ2v) is 8.27. The highest BCUT2D eigenvalue weighted by Gasteiger charge is 2.28. The molecule has 2 N–H and O–H groups in total. The van der Waals surface area contributed by atoms with Crippen LogP contribution in [0, 0.1) is 0 Å². The van der Waals surface area contributed by atoms with Crippen molar-refractivity contribution in [1.29, 1.82) is 0 Å². The molecule has 1 aromatic rings. The summed E-state index contributed by atoms with van der Waals surface area (Å²) in [4.78, 5) is 11.4. The van der Waals surface area contributed by atoms with Gasteiger partial charge < -0.3 is 19.5 Å². The summed E-state index contributed by atoms with van der Waals surface area (Å²) < 4.78 is 23.6. The molecule has 0 amide bonds. The second kappa shape index (κ2) is 9.94. The number of benzene rings is 1. The van der Waals surface area contributed by atoms with Gasteiger partial charge in [0.2, 0.25) is 0 Å². The minimum Gasteiger partial charge on any atom is -0.480 e. The Bertz CT molecular complexity index is 533. The Labute approximate surface area is 144 Å². The van der Waals surface area contributed by atoms with Crippen molar-refractivity contribution in [3.8, 4) is 0 Å². The number of hydrogen-bond donors (Lipinski definition) is 2. The Morgan fingerprint density at radius 1 is 1.12 bits per heavy atom. The molecule has 136 valence electrons. The van der Waals surface area contributed by atoms with E-state index in [2.05, 4.69) is 5.32 Å². The molecule has 0 aliphatic rings. The second-order valence-electron chi connectivity index (χ2n) is 6.18. The Hall–Kier alpha value is -1.20. The average molecular weight is 357 g/mol. The van der Waals surface area contributed by atoms with Crippen LogP contribution in [0.25, 0.3) is 0 Å². The topological polar surface area (TPSA) is 84.9 Å². The van der Waals surface area contributed by atoms with E-state index in [0.29, 0.717) is 6.42 Å². The number of aliphatic carboxylic acids is 1. The van der Waals surface area contributed by atoms with E-state index in [0.717, 1.165) is 5.56 Å². The number of nitrogens with one attached hydrogen (secondary N) is 1. The van der Waals surface area contributed by atoms with Gasteiger partial charge in [0.05, 0.1) is 18.4 Å². The normalized spacial score (nSPS) is 13.4. The Morgan fingerprint density at radius 3 is 2.12 bits per heavy atom. The molecule has 1 rings (SSSR count). The summed E-state index contributed by atoms with van der Waals surface area (Å²) in [5.74, 6) is -0.941. The molecule has 0 aliphatic carbocycles. The highest BCUT2D eigenvalue weighted by atomic mass is 31.2. The molecule has 7 heteroatoms. The van der Waals surface area contributed by atoms with E-state index < -0.39 is 19.6 Å². The SMILES string of the molecule is CC(C)OP(=O)(CCNC(Cc1ccccc1)C(=O)O)OC(C)C. The molecular formula is C17H28NO5P. The third kappa shape index (κ3) is 8.06. The first kappa shape index (κ1) is 20.8. The zero-order chi connectivity index (χ0) is 18.2. The molecule has 6 nitrogen and oxygen atoms in total. The molecule has 0 radical (unpaired) electrons. The maximum absolute atomic E-state index is 12.7. The first-order chi connectivity index (χ1) is 11.2. The predicted octanol–water partition coefficient (Wildman–Crippen LogP) is 3.32. The molecule has 0 bridgehead atoms. The van der Waals surface area contributed by atoms with Gasteiger partial charge in [-0.2, -0.15) is 0 Å². The van der Waals surface area contributed by atoms with E-state index in [1.807, 2.05) is 30.3 Å². The van der Waals surface area contributed by atoms with Gasteiger partial charge in [-0.3, -0.25) is 9.36 Å². The molecule has 1 unspecified atom stereocenters. The van der Waals surface area contributed by atoms with Crippen molar-refractivity contribution in [2.45, 2.75) is 52.4 Å². The molecule has 0 saturated carbocycles. The Morgan fingerprint density at radius 2 is 1.67 bits per heavy atom. The van der Waals surface area contributed by atoms with Crippen LogP contribution in [-0.2, 0) is 24.8 Å². The van der Waals surface area contributed by atoms with E-state index in [9.17, 15) is 14.5 Å². The first-order valence-electron chi connectivity index (χ1n) is 8.18. The third-order valence-electron chi connectivity index (χ3n) is 3.10. The fraction of sp³-hybridized carbons (Fsp3) is 0.588. The fourth-order valence-corrected chi connectivity index (χ4v) is 4.19. The molecule has 0 spiro atoms. The summed E-state index contributed by atoms with van der Waals surface area (Å²) in [6.45, 7) is 7.40. The van der Waals surface area contributed by atoms with Crippen LogP contribution in [0.3, 0.4) is 0 Å². The minimum atomic E-state index is -3.26. The van der Waals surface area contributed by atoms with Crippen molar-refractivity contribution in [2.24, 2.45) is 0 Å². The standard InChI is InChI=1S/C17H28NO5P/c1-13(2)22-24(21,23-14(3)4)11-10-18-16(17(19)20)12-15-8-6-5-7-9-15/h5-9,13-14,16,18H,10-12H2,1-4H3,(H,19,20). The van der Waals surface area contributed by atoms with E-state index >= 15 is 0 Å². The van der Waals surface area contributed by atoms with E-state index in [1.165, 1.54) is 0 Å². The van der Waals surface area contributed by atoms with Crippen LogP contribution in [0.1, 0.15) is 33.3 Å². The monoisotopic (exact) mass is 357 g/mol. The molecule has 0 aromatic heterocycles. The average Bonchev–Trinajstić information content (AvgIpc) is 2.45. The van der Waals surface area contributed by atoms with Crippen LogP contribution in [0.15, 0.2) is 30.3 Å². The van der Waals surface area contributed by atoms with E-state index in [-0.39, 0.29) is 24.9 Å². The molecule has 0 saturated heterocycles. The lowest BCUT2D eigenvalue weighted by molar-refractivity contribution is -0.139. The maximum Gasteiger partial charge on any atom is 0.332 e. The van der Waals surface area contributed by atoms with Crippen molar-refractivity contribution < 1.29 is 23.5 Å². The molecule has 1 atom stereocenters. The number of carboxylic acid groups (broad SMARTS) is 1.